The molecule has 2 rings (SSSR count). The second kappa shape index (κ2) is 4.92. The monoisotopic (exact) mass is 234 g/mol. The number of nitrogens with zero attached hydrogens (tertiary/aromatic N) is 3. The van der Waals surface area contributed by atoms with Crippen molar-refractivity contribution < 1.29 is 9.90 Å². The van der Waals surface area contributed by atoms with Gasteiger partial charge in [0.15, 0.2) is 0 Å². The number of nitrogens with one attached hydrogen (secondary N) is 1. The third kappa shape index (κ3) is 2.42. The fraction of sp³-hybridized carbons (Fsp3) is 0.364. The molecule has 6 nitrogen and oxygen atoms in total. The number of hydrogen-bond acceptors (Lipinski definition) is 4. The molecule has 0 spiro atoms. The Bertz CT molecular complexity index is 523. The molecule has 0 saturated carbocycles. The molecule has 0 aromatic carbocycles. The SMILES string of the molecule is CC(CCO)NC(=O)c1cnn2ccncc12. The molecule has 0 aliphatic rings. The van der Waals surface area contributed by atoms with E-state index in [-0.39, 0.29) is 18.6 Å². The lowest BCUT2D eigenvalue weighted by Crippen LogP contribution is -2.33. The zero-order chi connectivity index (χ0) is 12.3. The van der Waals surface area contributed by atoms with Gasteiger partial charge < -0.3 is 10.4 Å². The molecule has 2 N–H and O–H groups in total. The maximum absolute atomic E-state index is 11.9. The van der Waals surface area contributed by atoms with Crippen LogP contribution in [-0.2, 0) is 0 Å². The topological polar surface area (TPSA) is 79.5 Å². The smallest absolute Gasteiger partial charge is 0.255 e. The van der Waals surface area contributed by atoms with Crippen molar-refractivity contribution in [2.75, 3.05) is 6.61 Å². The van der Waals surface area contributed by atoms with Crippen LogP contribution >= 0.6 is 0 Å². The highest BCUT2D eigenvalue weighted by atomic mass is 16.3. The highest BCUT2D eigenvalue weighted by molar-refractivity contribution is 6.00. The van der Waals surface area contributed by atoms with Crippen molar-refractivity contribution in [1.82, 2.24) is 19.9 Å². The van der Waals surface area contributed by atoms with Crippen LogP contribution in [0.2, 0.25) is 0 Å². The summed E-state index contributed by atoms with van der Waals surface area (Å²) in [6.45, 7) is 1.90. The standard InChI is InChI=1S/C11H14N4O2/c1-8(2-5-16)14-11(17)9-6-13-15-4-3-12-7-10(9)15/h3-4,6-8,16H,2,5H2,1H3,(H,14,17). The van der Waals surface area contributed by atoms with Crippen LogP contribution in [0.1, 0.15) is 23.7 Å². The number of aliphatic hydroxyl groups excluding tert-OH is 1. The number of hydrogen-bond donors (Lipinski definition) is 2. The van der Waals surface area contributed by atoms with Crippen molar-refractivity contribution in [3.05, 3.63) is 30.4 Å². The molecule has 6 heteroatoms. The van der Waals surface area contributed by atoms with Crippen LogP contribution in [0, 0.1) is 0 Å². The van der Waals surface area contributed by atoms with Crippen LogP contribution in [0.25, 0.3) is 5.52 Å². The summed E-state index contributed by atoms with van der Waals surface area (Å²) in [6.07, 6.45) is 6.93. The molecule has 90 valence electrons. The molecule has 1 unspecified atom stereocenters. The molecule has 0 aliphatic heterocycles. The van der Waals surface area contributed by atoms with Crippen molar-refractivity contribution in [2.45, 2.75) is 19.4 Å². The average molecular weight is 234 g/mol. The number of fused-ring (bicyclic) bond motifs is 1. The molecule has 0 radical (unpaired) electrons. The van der Waals surface area contributed by atoms with E-state index in [0.717, 1.165) is 0 Å². The Morgan fingerprint density at radius 1 is 1.59 bits per heavy atom. The summed E-state index contributed by atoms with van der Waals surface area (Å²) in [7, 11) is 0. The molecular formula is C11H14N4O2. The van der Waals surface area contributed by atoms with Gasteiger partial charge in [0.1, 0.15) is 0 Å². The van der Waals surface area contributed by atoms with E-state index < -0.39 is 0 Å². The summed E-state index contributed by atoms with van der Waals surface area (Å²) in [4.78, 5) is 15.9. The van der Waals surface area contributed by atoms with Gasteiger partial charge in [-0.2, -0.15) is 5.10 Å². The van der Waals surface area contributed by atoms with Gasteiger partial charge in [0, 0.05) is 25.0 Å². The van der Waals surface area contributed by atoms with Gasteiger partial charge >= 0.3 is 0 Å². The van der Waals surface area contributed by atoms with Gasteiger partial charge in [0.25, 0.3) is 5.91 Å². The molecule has 0 aliphatic carbocycles. The molecule has 1 amide bonds. The summed E-state index contributed by atoms with van der Waals surface area (Å²) in [5.41, 5.74) is 1.16. The summed E-state index contributed by atoms with van der Waals surface area (Å²) in [5, 5.41) is 15.6. The van der Waals surface area contributed by atoms with Crippen molar-refractivity contribution in [3.8, 4) is 0 Å². The minimum Gasteiger partial charge on any atom is -0.396 e. The Morgan fingerprint density at radius 3 is 3.18 bits per heavy atom. The zero-order valence-corrected chi connectivity index (χ0v) is 9.50. The van der Waals surface area contributed by atoms with E-state index in [9.17, 15) is 4.79 Å². The Labute approximate surface area is 98.3 Å². The van der Waals surface area contributed by atoms with Crippen LogP contribution in [0.4, 0.5) is 0 Å². The van der Waals surface area contributed by atoms with Gasteiger partial charge in [0.05, 0.1) is 23.5 Å². The summed E-state index contributed by atoms with van der Waals surface area (Å²) in [6, 6.07) is -0.0703. The molecule has 17 heavy (non-hydrogen) atoms. The van der Waals surface area contributed by atoms with Gasteiger partial charge in [-0.3, -0.25) is 9.78 Å². The lowest BCUT2D eigenvalue weighted by Gasteiger charge is -2.11. The van der Waals surface area contributed by atoms with Crippen LogP contribution in [-0.4, -0.2) is 38.3 Å². The molecule has 2 heterocycles. The predicted octanol–water partition coefficient (Wildman–Crippen LogP) is 0.230. The van der Waals surface area contributed by atoms with Gasteiger partial charge in [-0.25, -0.2) is 4.52 Å². The molecule has 1 atom stereocenters. The highest BCUT2D eigenvalue weighted by Crippen LogP contribution is 2.08. The second-order valence-electron chi connectivity index (χ2n) is 3.85. The van der Waals surface area contributed by atoms with Gasteiger partial charge in [-0.15, -0.1) is 0 Å². The molecule has 0 fully saturated rings. The van der Waals surface area contributed by atoms with E-state index in [1.54, 1.807) is 23.1 Å². The van der Waals surface area contributed by atoms with Crippen LogP contribution in [0.3, 0.4) is 0 Å². The van der Waals surface area contributed by atoms with Crippen molar-refractivity contribution in [1.29, 1.82) is 0 Å². The van der Waals surface area contributed by atoms with Crippen molar-refractivity contribution in [3.63, 3.8) is 0 Å². The van der Waals surface area contributed by atoms with E-state index in [4.69, 9.17) is 5.11 Å². The van der Waals surface area contributed by atoms with Crippen LogP contribution in [0.15, 0.2) is 24.8 Å². The predicted molar refractivity (Wildman–Crippen MR) is 61.6 cm³/mol. The molecular weight excluding hydrogens is 220 g/mol. The second-order valence-corrected chi connectivity index (χ2v) is 3.85. The van der Waals surface area contributed by atoms with E-state index >= 15 is 0 Å². The summed E-state index contributed by atoms with van der Waals surface area (Å²) < 4.78 is 1.60. The van der Waals surface area contributed by atoms with Gasteiger partial charge in [0.2, 0.25) is 0 Å². The van der Waals surface area contributed by atoms with Crippen LogP contribution in [0.5, 0.6) is 0 Å². The maximum Gasteiger partial charge on any atom is 0.255 e. The van der Waals surface area contributed by atoms with E-state index in [2.05, 4.69) is 15.4 Å². The zero-order valence-electron chi connectivity index (χ0n) is 9.50. The lowest BCUT2D eigenvalue weighted by molar-refractivity contribution is 0.0936. The summed E-state index contributed by atoms with van der Waals surface area (Å²) in [5.74, 6) is -0.200. The van der Waals surface area contributed by atoms with Crippen molar-refractivity contribution >= 4 is 11.4 Å². The third-order valence-electron chi connectivity index (χ3n) is 2.51. The first-order chi connectivity index (χ1) is 8.22. The number of aromatic nitrogens is 3. The summed E-state index contributed by atoms with van der Waals surface area (Å²) >= 11 is 0. The van der Waals surface area contributed by atoms with Gasteiger partial charge in [-0.1, -0.05) is 0 Å². The average Bonchev–Trinajstić information content (AvgIpc) is 2.72. The molecule has 2 aromatic heterocycles. The Morgan fingerprint density at radius 2 is 2.41 bits per heavy atom. The molecule has 2 aromatic rings. The first-order valence-electron chi connectivity index (χ1n) is 5.41. The quantitative estimate of drug-likeness (QED) is 0.793. The Balaban J connectivity index is 2.19. The number of amides is 1. The molecule has 0 bridgehead atoms. The fourth-order valence-corrected chi connectivity index (χ4v) is 1.58. The Hall–Kier alpha value is -1.95. The fourth-order valence-electron chi connectivity index (χ4n) is 1.58. The Kier molecular flexibility index (Phi) is 3.34. The third-order valence-corrected chi connectivity index (χ3v) is 2.51. The normalized spacial score (nSPS) is 12.6. The van der Waals surface area contributed by atoms with E-state index in [1.165, 1.54) is 6.20 Å². The first-order valence-corrected chi connectivity index (χ1v) is 5.41. The minimum atomic E-state index is -0.200. The van der Waals surface area contributed by atoms with E-state index in [0.29, 0.717) is 17.5 Å². The minimum absolute atomic E-state index is 0.0533. The van der Waals surface area contributed by atoms with Crippen molar-refractivity contribution in [2.24, 2.45) is 0 Å². The largest absolute Gasteiger partial charge is 0.396 e. The number of carbonyl (C=O) groups excluding carboxylic acids is 1. The first kappa shape index (κ1) is 11.5. The van der Waals surface area contributed by atoms with E-state index in [1.807, 2.05) is 6.92 Å². The highest BCUT2D eigenvalue weighted by Gasteiger charge is 2.14. The molecule has 0 saturated heterocycles. The lowest BCUT2D eigenvalue weighted by atomic mass is 10.2. The van der Waals surface area contributed by atoms with Crippen LogP contribution < -0.4 is 5.32 Å². The maximum atomic E-state index is 11.9. The number of carbonyl (C=O) groups is 1. The number of rotatable bonds is 4. The van der Waals surface area contributed by atoms with Gasteiger partial charge in [-0.05, 0) is 13.3 Å². The number of aliphatic hydroxyl groups is 1.